The van der Waals surface area contributed by atoms with Gasteiger partial charge in [0.15, 0.2) is 0 Å². The van der Waals surface area contributed by atoms with Crippen molar-refractivity contribution in [3.63, 3.8) is 0 Å². The molecule has 0 aromatic carbocycles. The Morgan fingerprint density at radius 3 is 1.30 bits per heavy atom. The molecular formula is C16H27ClSi3. The van der Waals surface area contributed by atoms with Gasteiger partial charge in [0.1, 0.15) is 29.8 Å². The van der Waals surface area contributed by atoms with E-state index in [4.69, 9.17) is 11.6 Å². The first-order chi connectivity index (χ1) is 8.71. The monoisotopic (exact) mass is 338 g/mol. The third-order valence-electron chi connectivity index (χ3n) is 2.02. The van der Waals surface area contributed by atoms with Crippen molar-refractivity contribution in [3.8, 4) is 22.9 Å². The van der Waals surface area contributed by atoms with Crippen molar-refractivity contribution in [3.05, 3.63) is 16.0 Å². The lowest BCUT2D eigenvalue weighted by Gasteiger charge is -2.11. The molecule has 0 amide bonds. The Labute approximate surface area is 133 Å². The molecule has 0 saturated carbocycles. The van der Waals surface area contributed by atoms with Gasteiger partial charge >= 0.3 is 0 Å². The fraction of sp³-hybridized carbons (Fsp3) is 0.562. The normalized spacial score (nSPS) is 11.5. The molecule has 0 aromatic heterocycles. The van der Waals surface area contributed by atoms with E-state index in [0.29, 0.717) is 0 Å². The second-order valence-electron chi connectivity index (χ2n) is 8.06. The Bertz CT molecular complexity index is 503. The molecule has 0 unspecified atom stereocenters. The second-order valence-corrected chi connectivity index (χ2v) is 23.3. The molecule has 0 nitrogen and oxygen atoms in total. The molecule has 20 heavy (non-hydrogen) atoms. The van der Waals surface area contributed by atoms with E-state index < -0.39 is 24.2 Å². The number of halogens is 1. The average molecular weight is 339 g/mol. The van der Waals surface area contributed by atoms with E-state index in [1.807, 2.05) is 0 Å². The van der Waals surface area contributed by atoms with Gasteiger partial charge in [-0.1, -0.05) is 88.1 Å². The summed E-state index contributed by atoms with van der Waals surface area (Å²) < 4.78 is 0.822. The summed E-state index contributed by atoms with van der Waals surface area (Å²) in [7, 11) is -4.36. The van der Waals surface area contributed by atoms with Crippen LogP contribution in [0.2, 0.25) is 58.9 Å². The molecule has 110 valence electrons. The van der Waals surface area contributed by atoms with Crippen molar-refractivity contribution in [1.29, 1.82) is 0 Å². The van der Waals surface area contributed by atoms with Crippen molar-refractivity contribution in [1.82, 2.24) is 0 Å². The molecule has 0 aliphatic rings. The summed E-state index contributed by atoms with van der Waals surface area (Å²) in [6.45, 7) is 20.0. The highest BCUT2D eigenvalue weighted by Gasteiger charge is 2.17. The van der Waals surface area contributed by atoms with Crippen LogP contribution in [0.15, 0.2) is 16.0 Å². The zero-order valence-corrected chi connectivity index (χ0v) is 18.1. The molecule has 0 N–H and O–H groups in total. The van der Waals surface area contributed by atoms with Gasteiger partial charge in [0, 0.05) is 4.66 Å². The largest absolute Gasteiger partial charge is 0.129 e. The summed E-state index contributed by atoms with van der Waals surface area (Å²) >= 11 is 6.39. The zero-order valence-electron chi connectivity index (χ0n) is 14.4. The molecule has 0 aliphatic heterocycles. The number of hydrogen-bond acceptors (Lipinski definition) is 0. The van der Waals surface area contributed by atoms with Crippen LogP contribution in [0, 0.1) is 22.9 Å². The summed E-state index contributed by atoms with van der Waals surface area (Å²) in [5, 5.41) is 0. The predicted molar refractivity (Wildman–Crippen MR) is 102 cm³/mol. The van der Waals surface area contributed by atoms with E-state index in [9.17, 15) is 0 Å². The molecule has 0 rings (SSSR count). The van der Waals surface area contributed by atoms with Crippen molar-refractivity contribution in [2.75, 3.05) is 0 Å². The van der Waals surface area contributed by atoms with Gasteiger partial charge in [-0.3, -0.25) is 0 Å². The molecule has 4 heteroatoms. The molecule has 0 atom stereocenters. The number of rotatable bonds is 1. The lowest BCUT2D eigenvalue weighted by Crippen LogP contribution is -2.20. The highest BCUT2D eigenvalue weighted by Crippen LogP contribution is 2.17. The highest BCUT2D eigenvalue weighted by molar-refractivity contribution is 6.91. The molecule has 0 heterocycles. The topological polar surface area (TPSA) is 0 Å². The Kier molecular flexibility index (Phi) is 6.88. The average Bonchev–Trinajstić information content (AvgIpc) is 2.17. The zero-order chi connectivity index (χ0) is 16.2. The van der Waals surface area contributed by atoms with Crippen molar-refractivity contribution in [2.24, 2.45) is 0 Å². The minimum atomic E-state index is -1.54. The van der Waals surface area contributed by atoms with Crippen LogP contribution in [0.3, 0.4) is 0 Å². The first-order valence-corrected chi connectivity index (χ1v) is 17.8. The van der Waals surface area contributed by atoms with Crippen LogP contribution < -0.4 is 0 Å². The lowest BCUT2D eigenvalue weighted by molar-refractivity contribution is 1.73. The molecule has 0 aromatic rings. The van der Waals surface area contributed by atoms with E-state index >= 15 is 0 Å². The molecule has 0 radical (unpaired) electrons. The highest BCUT2D eigenvalue weighted by atomic mass is 35.5. The Hall–Kier alpha value is -0.419. The maximum absolute atomic E-state index is 6.39. The summed E-state index contributed by atoms with van der Waals surface area (Å²) in [5.74, 6) is 6.44. The summed E-state index contributed by atoms with van der Waals surface area (Å²) in [6.07, 6.45) is 0. The van der Waals surface area contributed by atoms with Crippen molar-refractivity contribution < 1.29 is 0 Å². The molecule has 0 fully saturated rings. The van der Waals surface area contributed by atoms with Gasteiger partial charge in [-0.15, -0.1) is 11.1 Å². The number of allylic oxidation sites excluding steroid dienone is 1. The van der Waals surface area contributed by atoms with Gasteiger partial charge in [0.25, 0.3) is 0 Å². The van der Waals surface area contributed by atoms with Crippen LogP contribution >= 0.6 is 11.6 Å². The number of hydrogen-bond donors (Lipinski definition) is 0. The van der Waals surface area contributed by atoms with E-state index in [1.54, 1.807) is 0 Å². The van der Waals surface area contributed by atoms with E-state index in [2.05, 4.69) is 87.6 Å². The minimum Gasteiger partial charge on any atom is -0.125 e. The first kappa shape index (κ1) is 19.6. The summed E-state index contributed by atoms with van der Waals surface area (Å²) in [5.41, 5.74) is 10.7. The summed E-state index contributed by atoms with van der Waals surface area (Å²) in [6, 6.07) is 0. The van der Waals surface area contributed by atoms with Gasteiger partial charge in [-0.05, 0) is 0 Å². The standard InChI is InChI=1S/C16H27ClSi3/c1-18(2,3)12-10-15(11-13-19(4,5)6)14-16(17)20(7,8)9/h1-9H3. The van der Waals surface area contributed by atoms with Crippen LogP contribution in [-0.2, 0) is 0 Å². The van der Waals surface area contributed by atoms with Crippen LogP contribution in [0.5, 0.6) is 0 Å². The first-order valence-electron chi connectivity index (χ1n) is 6.94. The molecular weight excluding hydrogens is 312 g/mol. The van der Waals surface area contributed by atoms with E-state index in [0.717, 1.165) is 10.2 Å². The van der Waals surface area contributed by atoms with Crippen LogP contribution in [0.25, 0.3) is 0 Å². The van der Waals surface area contributed by atoms with Gasteiger partial charge in [0.05, 0.1) is 0 Å². The second kappa shape index (κ2) is 7.03. The maximum Gasteiger partial charge on any atom is 0.129 e. The predicted octanol–water partition coefficient (Wildman–Crippen LogP) is 5.27. The fourth-order valence-electron chi connectivity index (χ4n) is 0.891. The third kappa shape index (κ3) is 10.4. The van der Waals surface area contributed by atoms with Gasteiger partial charge in [0.2, 0.25) is 0 Å². The third-order valence-corrected chi connectivity index (χ3v) is 7.01. The molecule has 0 aliphatic carbocycles. The lowest BCUT2D eigenvalue weighted by atomic mass is 10.3. The van der Waals surface area contributed by atoms with Gasteiger partial charge in [-0.2, -0.15) is 0 Å². The molecule has 0 saturated heterocycles. The van der Waals surface area contributed by atoms with Crippen LogP contribution in [0.1, 0.15) is 0 Å². The molecule has 0 bridgehead atoms. The van der Waals surface area contributed by atoms with Crippen molar-refractivity contribution in [2.45, 2.75) is 58.9 Å². The maximum atomic E-state index is 6.39. The summed E-state index contributed by atoms with van der Waals surface area (Å²) in [4.78, 5) is 0. The smallest absolute Gasteiger partial charge is 0.125 e. The SMILES string of the molecule is C[Si](C)(C)C#CC(=C=C(Cl)[Si](C)(C)C)C#C[Si](C)(C)C. The van der Waals surface area contributed by atoms with Crippen molar-refractivity contribution >= 4 is 35.8 Å². The Morgan fingerprint density at radius 2 is 1.05 bits per heavy atom. The fourth-order valence-corrected chi connectivity index (χ4v) is 2.49. The van der Waals surface area contributed by atoms with E-state index in [1.165, 1.54) is 0 Å². The van der Waals surface area contributed by atoms with Crippen LogP contribution in [-0.4, -0.2) is 24.2 Å². The van der Waals surface area contributed by atoms with E-state index in [-0.39, 0.29) is 0 Å². The van der Waals surface area contributed by atoms with Gasteiger partial charge in [-0.25, -0.2) is 0 Å². The molecule has 0 spiro atoms. The quantitative estimate of drug-likeness (QED) is 0.347. The minimum absolute atomic E-state index is 0.766. The Balaban J connectivity index is 5.91. The Morgan fingerprint density at radius 1 is 0.700 bits per heavy atom. The van der Waals surface area contributed by atoms with Gasteiger partial charge < -0.3 is 0 Å². The van der Waals surface area contributed by atoms with Crippen LogP contribution in [0.4, 0.5) is 0 Å².